The molecular formula is C17H27NO2. The molecule has 0 saturated carbocycles. The molecular weight excluding hydrogens is 250 g/mol. The molecule has 1 fully saturated rings. The van der Waals surface area contributed by atoms with E-state index in [9.17, 15) is 0 Å². The number of benzene rings is 1. The van der Waals surface area contributed by atoms with Crippen LogP contribution in [0, 0.1) is 5.92 Å². The summed E-state index contributed by atoms with van der Waals surface area (Å²) in [6.07, 6.45) is 3.57. The lowest BCUT2D eigenvalue weighted by atomic mass is 9.88. The second-order valence-electron chi connectivity index (χ2n) is 5.41. The molecule has 1 N–H and O–H groups in total. The van der Waals surface area contributed by atoms with Gasteiger partial charge >= 0.3 is 0 Å². The van der Waals surface area contributed by atoms with E-state index in [2.05, 4.69) is 36.5 Å². The van der Waals surface area contributed by atoms with Crippen molar-refractivity contribution in [2.24, 2.45) is 5.92 Å². The summed E-state index contributed by atoms with van der Waals surface area (Å²) in [7, 11) is 0. The van der Waals surface area contributed by atoms with Crippen molar-refractivity contribution in [3.63, 3.8) is 0 Å². The molecule has 1 aromatic rings. The summed E-state index contributed by atoms with van der Waals surface area (Å²) in [5, 5.41) is 3.69. The van der Waals surface area contributed by atoms with Gasteiger partial charge in [-0.2, -0.15) is 0 Å². The number of hydrogen-bond donors (Lipinski definition) is 1. The molecule has 3 heteroatoms. The van der Waals surface area contributed by atoms with Crippen LogP contribution in [0.1, 0.15) is 44.7 Å². The van der Waals surface area contributed by atoms with Crippen molar-refractivity contribution < 1.29 is 9.47 Å². The second-order valence-corrected chi connectivity index (χ2v) is 5.41. The molecule has 0 bridgehead atoms. The Labute approximate surface area is 122 Å². The van der Waals surface area contributed by atoms with E-state index < -0.39 is 0 Å². The average Bonchev–Trinajstić information content (AvgIpc) is 2.51. The van der Waals surface area contributed by atoms with E-state index in [1.807, 2.05) is 6.92 Å². The highest BCUT2D eigenvalue weighted by atomic mass is 16.5. The van der Waals surface area contributed by atoms with E-state index in [-0.39, 0.29) is 0 Å². The normalized spacial score (nSPS) is 20.6. The Morgan fingerprint density at radius 1 is 1.30 bits per heavy atom. The predicted octanol–water partition coefficient (Wildman–Crippen LogP) is 3.55. The van der Waals surface area contributed by atoms with Gasteiger partial charge in [0, 0.05) is 18.6 Å². The van der Waals surface area contributed by atoms with Gasteiger partial charge < -0.3 is 14.8 Å². The first kappa shape index (κ1) is 15.3. The Morgan fingerprint density at radius 2 is 2.10 bits per heavy atom. The van der Waals surface area contributed by atoms with Gasteiger partial charge in [0.25, 0.3) is 0 Å². The Balaban J connectivity index is 2.07. The van der Waals surface area contributed by atoms with Crippen LogP contribution in [-0.4, -0.2) is 26.4 Å². The molecule has 1 heterocycles. The van der Waals surface area contributed by atoms with Gasteiger partial charge in [0.1, 0.15) is 5.75 Å². The Morgan fingerprint density at radius 3 is 2.70 bits per heavy atom. The van der Waals surface area contributed by atoms with E-state index >= 15 is 0 Å². The van der Waals surface area contributed by atoms with Gasteiger partial charge in [0.05, 0.1) is 13.2 Å². The van der Waals surface area contributed by atoms with Gasteiger partial charge in [-0.3, -0.25) is 0 Å². The Hall–Kier alpha value is -1.06. The number of ether oxygens (including phenoxy) is 2. The van der Waals surface area contributed by atoms with Crippen molar-refractivity contribution in [1.29, 1.82) is 0 Å². The Kier molecular flexibility index (Phi) is 6.34. The summed E-state index contributed by atoms with van der Waals surface area (Å²) < 4.78 is 11.2. The van der Waals surface area contributed by atoms with Crippen molar-refractivity contribution in [2.45, 2.75) is 39.2 Å². The van der Waals surface area contributed by atoms with Gasteiger partial charge in [0.15, 0.2) is 0 Å². The fourth-order valence-corrected chi connectivity index (χ4v) is 2.82. The van der Waals surface area contributed by atoms with Crippen LogP contribution in [-0.2, 0) is 4.74 Å². The molecule has 1 saturated heterocycles. The number of rotatable bonds is 7. The van der Waals surface area contributed by atoms with Crippen LogP contribution in [0.25, 0.3) is 0 Å². The summed E-state index contributed by atoms with van der Waals surface area (Å²) >= 11 is 0. The molecule has 2 rings (SSSR count). The van der Waals surface area contributed by atoms with Gasteiger partial charge in [-0.1, -0.05) is 19.1 Å². The zero-order valence-electron chi connectivity index (χ0n) is 12.7. The molecule has 1 aliphatic heterocycles. The molecule has 2 atom stereocenters. The highest BCUT2D eigenvalue weighted by molar-refractivity contribution is 5.29. The number of nitrogens with one attached hydrogen (secondary N) is 1. The minimum absolute atomic E-state index is 0.394. The first-order chi connectivity index (χ1) is 9.85. The Bertz CT molecular complexity index is 371. The van der Waals surface area contributed by atoms with Crippen molar-refractivity contribution >= 4 is 0 Å². The lowest BCUT2D eigenvalue weighted by Gasteiger charge is -2.31. The minimum Gasteiger partial charge on any atom is -0.494 e. The van der Waals surface area contributed by atoms with Gasteiger partial charge in [-0.15, -0.1) is 0 Å². The first-order valence-electron chi connectivity index (χ1n) is 7.89. The topological polar surface area (TPSA) is 30.5 Å². The van der Waals surface area contributed by atoms with Crippen molar-refractivity contribution in [1.82, 2.24) is 5.32 Å². The van der Waals surface area contributed by atoms with Crippen molar-refractivity contribution in [3.8, 4) is 5.75 Å². The van der Waals surface area contributed by atoms with Crippen LogP contribution in [0.2, 0.25) is 0 Å². The first-order valence-corrected chi connectivity index (χ1v) is 7.89. The minimum atomic E-state index is 0.394. The quantitative estimate of drug-likeness (QED) is 0.826. The van der Waals surface area contributed by atoms with Crippen LogP contribution < -0.4 is 10.1 Å². The zero-order chi connectivity index (χ0) is 14.2. The van der Waals surface area contributed by atoms with Crippen molar-refractivity contribution in [2.75, 3.05) is 26.4 Å². The third-order valence-corrected chi connectivity index (χ3v) is 3.83. The van der Waals surface area contributed by atoms with Gasteiger partial charge in [-0.25, -0.2) is 0 Å². The molecule has 3 nitrogen and oxygen atoms in total. The molecule has 0 radical (unpaired) electrons. The number of hydrogen-bond acceptors (Lipinski definition) is 3. The van der Waals surface area contributed by atoms with Crippen LogP contribution in [0.3, 0.4) is 0 Å². The summed E-state index contributed by atoms with van der Waals surface area (Å²) in [5.41, 5.74) is 1.34. The maximum Gasteiger partial charge on any atom is 0.119 e. The summed E-state index contributed by atoms with van der Waals surface area (Å²) in [6, 6.07) is 8.91. The van der Waals surface area contributed by atoms with Crippen LogP contribution in [0.5, 0.6) is 5.75 Å². The summed E-state index contributed by atoms with van der Waals surface area (Å²) in [6.45, 7) is 7.77. The molecule has 0 aliphatic carbocycles. The molecule has 0 amide bonds. The van der Waals surface area contributed by atoms with E-state index in [0.29, 0.717) is 18.6 Å². The van der Waals surface area contributed by atoms with E-state index in [1.54, 1.807) is 0 Å². The van der Waals surface area contributed by atoms with Crippen LogP contribution >= 0.6 is 0 Å². The monoisotopic (exact) mass is 277 g/mol. The molecule has 0 aromatic heterocycles. The lowest BCUT2D eigenvalue weighted by molar-refractivity contribution is 0.0390. The fraction of sp³-hybridized carbons (Fsp3) is 0.647. The van der Waals surface area contributed by atoms with Crippen LogP contribution in [0.4, 0.5) is 0 Å². The predicted molar refractivity (Wildman–Crippen MR) is 82.2 cm³/mol. The second kappa shape index (κ2) is 8.28. The molecule has 1 aromatic carbocycles. The highest BCUT2D eigenvalue weighted by Crippen LogP contribution is 2.29. The third kappa shape index (κ3) is 4.22. The largest absolute Gasteiger partial charge is 0.494 e. The molecule has 112 valence electrons. The summed E-state index contributed by atoms with van der Waals surface area (Å²) in [5.74, 6) is 1.53. The summed E-state index contributed by atoms with van der Waals surface area (Å²) in [4.78, 5) is 0. The van der Waals surface area contributed by atoms with Gasteiger partial charge in [0.2, 0.25) is 0 Å². The lowest BCUT2D eigenvalue weighted by Crippen LogP contribution is -2.33. The van der Waals surface area contributed by atoms with E-state index in [1.165, 1.54) is 18.4 Å². The molecule has 20 heavy (non-hydrogen) atoms. The molecule has 0 spiro atoms. The van der Waals surface area contributed by atoms with Crippen molar-refractivity contribution in [3.05, 3.63) is 29.8 Å². The highest BCUT2D eigenvalue weighted by Gasteiger charge is 2.25. The van der Waals surface area contributed by atoms with Crippen LogP contribution in [0.15, 0.2) is 24.3 Å². The molecule has 2 unspecified atom stereocenters. The average molecular weight is 277 g/mol. The fourth-order valence-electron chi connectivity index (χ4n) is 2.82. The SMILES string of the molecule is CCCNC(c1ccc(OCC)cc1)C1CCCOC1. The zero-order valence-corrected chi connectivity index (χ0v) is 12.7. The maximum atomic E-state index is 5.66. The third-order valence-electron chi connectivity index (χ3n) is 3.83. The van der Waals surface area contributed by atoms with E-state index in [0.717, 1.165) is 31.9 Å². The maximum absolute atomic E-state index is 5.66. The standard InChI is InChI=1S/C17H27NO2/c1-3-11-18-17(15-6-5-12-19-13-15)14-7-9-16(10-8-14)20-4-2/h7-10,15,17-18H,3-6,11-13H2,1-2H3. The van der Waals surface area contributed by atoms with E-state index in [4.69, 9.17) is 9.47 Å². The van der Waals surface area contributed by atoms with Gasteiger partial charge in [-0.05, 0) is 50.4 Å². The smallest absolute Gasteiger partial charge is 0.119 e. The molecule has 1 aliphatic rings.